The molecule has 0 heterocycles. The molecule has 6 nitrogen and oxygen atoms in total. The molecule has 2 atom stereocenters. The standard InChI is InChI=1S/C24H33NO5/c1-3-29-24(28)18(2)16-22(25-30-15-7-10-23(26)27)17-19-11-13-21(14-12-19)20-8-5-4-6-9-20/h4-6,8-9,11,13,18,22,25H,3,7,10,12,14-17H2,1-2H3,(H,26,27)/t18-,22+/m1/s1. The minimum absolute atomic E-state index is 0.0489. The number of ether oxygens (including phenoxy) is 1. The highest BCUT2D eigenvalue weighted by Gasteiger charge is 2.22. The van der Waals surface area contributed by atoms with Crippen LogP contribution in [0.5, 0.6) is 0 Å². The van der Waals surface area contributed by atoms with Gasteiger partial charge in [0.05, 0.1) is 19.1 Å². The Labute approximate surface area is 178 Å². The molecular formula is C24H33NO5. The first-order valence-electron chi connectivity index (χ1n) is 10.7. The topological polar surface area (TPSA) is 84.9 Å². The number of hydrogen-bond donors (Lipinski definition) is 2. The molecule has 0 bridgehead atoms. The molecule has 0 aliphatic heterocycles. The number of hydroxylamine groups is 1. The second-order valence-corrected chi connectivity index (χ2v) is 7.64. The third kappa shape index (κ3) is 8.51. The molecule has 1 aliphatic rings. The number of nitrogens with one attached hydrogen (secondary N) is 1. The van der Waals surface area contributed by atoms with Gasteiger partial charge in [-0.25, -0.2) is 0 Å². The fraction of sp³-hybridized carbons (Fsp3) is 0.500. The minimum Gasteiger partial charge on any atom is -0.481 e. The number of allylic oxidation sites excluding steroid dienone is 3. The van der Waals surface area contributed by atoms with Gasteiger partial charge in [0, 0.05) is 12.5 Å². The van der Waals surface area contributed by atoms with E-state index in [0.29, 0.717) is 26.1 Å². The van der Waals surface area contributed by atoms with Gasteiger partial charge in [0.25, 0.3) is 0 Å². The van der Waals surface area contributed by atoms with E-state index in [2.05, 4.69) is 29.8 Å². The molecule has 164 valence electrons. The number of benzene rings is 1. The van der Waals surface area contributed by atoms with Crippen molar-refractivity contribution in [1.82, 2.24) is 5.48 Å². The molecule has 0 amide bonds. The van der Waals surface area contributed by atoms with Crippen LogP contribution in [0.25, 0.3) is 5.57 Å². The van der Waals surface area contributed by atoms with Crippen LogP contribution in [0.15, 0.2) is 48.1 Å². The van der Waals surface area contributed by atoms with Gasteiger partial charge >= 0.3 is 11.9 Å². The van der Waals surface area contributed by atoms with Crippen molar-refractivity contribution in [3.05, 3.63) is 53.6 Å². The zero-order chi connectivity index (χ0) is 21.8. The van der Waals surface area contributed by atoms with E-state index >= 15 is 0 Å². The number of carbonyl (C=O) groups excluding carboxylic acids is 1. The van der Waals surface area contributed by atoms with Gasteiger partial charge in [0.1, 0.15) is 0 Å². The maximum atomic E-state index is 12.0. The number of esters is 1. The Morgan fingerprint density at radius 2 is 1.93 bits per heavy atom. The lowest BCUT2D eigenvalue weighted by Gasteiger charge is -2.24. The van der Waals surface area contributed by atoms with Gasteiger partial charge < -0.3 is 14.7 Å². The first-order valence-corrected chi connectivity index (χ1v) is 10.7. The lowest BCUT2D eigenvalue weighted by molar-refractivity contribution is -0.148. The van der Waals surface area contributed by atoms with Crippen LogP contribution in [0.3, 0.4) is 0 Å². The van der Waals surface area contributed by atoms with Crippen LogP contribution in [0.1, 0.15) is 57.9 Å². The van der Waals surface area contributed by atoms with Gasteiger partial charge in [-0.2, -0.15) is 5.48 Å². The third-order valence-corrected chi connectivity index (χ3v) is 5.10. The van der Waals surface area contributed by atoms with Gasteiger partial charge in [-0.3, -0.25) is 9.59 Å². The molecule has 0 unspecified atom stereocenters. The van der Waals surface area contributed by atoms with Crippen LogP contribution in [0, 0.1) is 5.92 Å². The predicted octanol–water partition coefficient (Wildman–Crippen LogP) is 4.52. The Kier molecular flexibility index (Phi) is 10.3. The van der Waals surface area contributed by atoms with E-state index in [-0.39, 0.29) is 24.3 Å². The van der Waals surface area contributed by atoms with Crippen LogP contribution in [-0.2, 0) is 19.2 Å². The largest absolute Gasteiger partial charge is 0.481 e. The molecule has 1 aliphatic carbocycles. The zero-order valence-corrected chi connectivity index (χ0v) is 17.9. The number of rotatable bonds is 13. The molecule has 0 saturated carbocycles. The first-order chi connectivity index (χ1) is 14.5. The number of hydrogen-bond acceptors (Lipinski definition) is 5. The van der Waals surface area contributed by atoms with Crippen molar-refractivity contribution in [2.24, 2.45) is 5.92 Å². The second-order valence-electron chi connectivity index (χ2n) is 7.64. The molecule has 0 saturated heterocycles. The fourth-order valence-electron chi connectivity index (χ4n) is 3.51. The SMILES string of the molecule is CCOC(=O)[C@H](C)C[C@@H](CC1=CC=C(c2ccccc2)CC1)NOCCCC(=O)O. The summed E-state index contributed by atoms with van der Waals surface area (Å²) in [5.41, 5.74) is 6.93. The van der Waals surface area contributed by atoms with Crippen LogP contribution in [-0.4, -0.2) is 36.3 Å². The molecule has 0 spiro atoms. The highest BCUT2D eigenvalue weighted by atomic mass is 16.6. The van der Waals surface area contributed by atoms with Crippen molar-refractivity contribution >= 4 is 17.5 Å². The fourth-order valence-corrected chi connectivity index (χ4v) is 3.51. The quantitative estimate of drug-likeness (QED) is 0.280. The predicted molar refractivity (Wildman–Crippen MR) is 117 cm³/mol. The lowest BCUT2D eigenvalue weighted by Crippen LogP contribution is -2.34. The zero-order valence-electron chi connectivity index (χ0n) is 17.9. The Balaban J connectivity index is 1.95. The van der Waals surface area contributed by atoms with Gasteiger partial charge in [-0.05, 0) is 50.2 Å². The first kappa shape index (κ1) is 23.8. The van der Waals surface area contributed by atoms with E-state index in [1.54, 1.807) is 6.92 Å². The Morgan fingerprint density at radius 3 is 2.57 bits per heavy atom. The Bertz CT molecular complexity index is 741. The van der Waals surface area contributed by atoms with E-state index < -0.39 is 5.97 Å². The summed E-state index contributed by atoms with van der Waals surface area (Å²) < 4.78 is 5.13. The highest BCUT2D eigenvalue weighted by molar-refractivity contribution is 5.72. The molecule has 0 radical (unpaired) electrons. The van der Waals surface area contributed by atoms with E-state index in [0.717, 1.165) is 19.3 Å². The van der Waals surface area contributed by atoms with E-state index in [1.807, 2.05) is 25.1 Å². The number of carboxylic acid groups (broad SMARTS) is 1. The van der Waals surface area contributed by atoms with E-state index in [4.69, 9.17) is 14.7 Å². The van der Waals surface area contributed by atoms with Crippen molar-refractivity contribution < 1.29 is 24.3 Å². The molecule has 1 aromatic rings. The average Bonchev–Trinajstić information content (AvgIpc) is 2.74. The Morgan fingerprint density at radius 1 is 1.17 bits per heavy atom. The molecule has 0 fully saturated rings. The minimum atomic E-state index is -0.834. The summed E-state index contributed by atoms with van der Waals surface area (Å²) in [6, 6.07) is 10.3. The maximum Gasteiger partial charge on any atom is 0.308 e. The van der Waals surface area contributed by atoms with Crippen LogP contribution in [0.4, 0.5) is 0 Å². The van der Waals surface area contributed by atoms with Gasteiger partial charge in [-0.1, -0.05) is 55.0 Å². The number of carboxylic acids is 1. The molecule has 2 N–H and O–H groups in total. The molecule has 0 aromatic heterocycles. The monoisotopic (exact) mass is 415 g/mol. The van der Waals surface area contributed by atoms with Crippen molar-refractivity contribution in [3.8, 4) is 0 Å². The van der Waals surface area contributed by atoms with Gasteiger partial charge in [0.15, 0.2) is 0 Å². The summed E-state index contributed by atoms with van der Waals surface area (Å²) in [7, 11) is 0. The van der Waals surface area contributed by atoms with Gasteiger partial charge in [0.2, 0.25) is 0 Å². The summed E-state index contributed by atoms with van der Waals surface area (Å²) in [5, 5.41) is 8.73. The van der Waals surface area contributed by atoms with E-state index in [1.165, 1.54) is 16.7 Å². The summed E-state index contributed by atoms with van der Waals surface area (Å²) in [4.78, 5) is 28.2. The maximum absolute atomic E-state index is 12.0. The summed E-state index contributed by atoms with van der Waals surface area (Å²) in [6.45, 7) is 4.34. The summed E-state index contributed by atoms with van der Waals surface area (Å²) in [5.74, 6) is -1.29. The smallest absolute Gasteiger partial charge is 0.308 e. The summed E-state index contributed by atoms with van der Waals surface area (Å²) >= 11 is 0. The van der Waals surface area contributed by atoms with E-state index in [9.17, 15) is 9.59 Å². The molecule has 2 rings (SSSR count). The Hall–Kier alpha value is -2.44. The van der Waals surface area contributed by atoms with Crippen molar-refractivity contribution in [2.75, 3.05) is 13.2 Å². The normalized spacial score (nSPS) is 15.7. The summed E-state index contributed by atoms with van der Waals surface area (Å²) in [6.07, 6.45) is 8.15. The molecule has 30 heavy (non-hydrogen) atoms. The van der Waals surface area contributed by atoms with Gasteiger partial charge in [-0.15, -0.1) is 0 Å². The average molecular weight is 416 g/mol. The van der Waals surface area contributed by atoms with Crippen molar-refractivity contribution in [3.63, 3.8) is 0 Å². The van der Waals surface area contributed by atoms with Crippen molar-refractivity contribution in [2.45, 2.75) is 58.4 Å². The van der Waals surface area contributed by atoms with Crippen LogP contribution in [0.2, 0.25) is 0 Å². The van der Waals surface area contributed by atoms with Crippen LogP contribution >= 0.6 is 0 Å². The molecule has 6 heteroatoms. The highest BCUT2D eigenvalue weighted by Crippen LogP contribution is 2.29. The second kappa shape index (κ2) is 13.0. The molecular weight excluding hydrogens is 382 g/mol. The number of carbonyl (C=O) groups is 2. The number of aliphatic carboxylic acids is 1. The lowest BCUT2D eigenvalue weighted by atomic mass is 9.88. The third-order valence-electron chi connectivity index (χ3n) is 5.10. The van der Waals surface area contributed by atoms with Crippen LogP contribution < -0.4 is 5.48 Å². The molecule has 1 aromatic carbocycles. The van der Waals surface area contributed by atoms with Crippen molar-refractivity contribution in [1.29, 1.82) is 0 Å².